The quantitative estimate of drug-likeness (QED) is 0.817. The van der Waals surface area contributed by atoms with Gasteiger partial charge in [-0.2, -0.15) is 13.2 Å². The minimum Gasteiger partial charge on any atom is -0.444 e. The molecule has 0 aliphatic heterocycles. The van der Waals surface area contributed by atoms with Crippen LogP contribution in [0.4, 0.5) is 18.0 Å². The first-order chi connectivity index (χ1) is 12.5. The molecule has 3 rings (SSSR count). The molecule has 1 aromatic heterocycles. The molecular formula is C19H22F3N3O2. The number of nitrogens with one attached hydrogen (secondary N) is 1. The maximum Gasteiger partial charge on any atom is 0.434 e. The van der Waals surface area contributed by atoms with Gasteiger partial charge in [-0.05, 0) is 39.2 Å². The summed E-state index contributed by atoms with van der Waals surface area (Å²) in [6.45, 7) is 5.59. The fourth-order valence-corrected chi connectivity index (χ4v) is 2.63. The lowest BCUT2D eigenvalue weighted by molar-refractivity contribution is -0.140. The average Bonchev–Trinajstić information content (AvgIpc) is 3.29. The highest BCUT2D eigenvalue weighted by atomic mass is 19.4. The Labute approximate surface area is 155 Å². The molecule has 0 atom stereocenters. The Morgan fingerprint density at radius 3 is 2.37 bits per heavy atom. The standard InChI is InChI=1S/C19H22F3N3O2/c1-18(2,3)27-17(26)23-10-12-4-6-13(7-5-12)16-24-15(19(20,21)22)11-25(16)14-8-9-14/h4-7,11,14H,8-10H2,1-3H3,(H,23,26). The number of hydrogen-bond acceptors (Lipinski definition) is 3. The molecule has 0 saturated heterocycles. The van der Waals surface area contributed by atoms with Gasteiger partial charge in [-0.1, -0.05) is 24.3 Å². The Morgan fingerprint density at radius 1 is 1.22 bits per heavy atom. The summed E-state index contributed by atoms with van der Waals surface area (Å²) >= 11 is 0. The van der Waals surface area contributed by atoms with E-state index in [0.717, 1.165) is 24.6 Å². The Kier molecular flexibility index (Phi) is 4.92. The summed E-state index contributed by atoms with van der Waals surface area (Å²) in [5, 5.41) is 2.65. The smallest absolute Gasteiger partial charge is 0.434 e. The van der Waals surface area contributed by atoms with Gasteiger partial charge in [0.05, 0.1) is 0 Å². The fraction of sp³-hybridized carbons (Fsp3) is 0.474. The molecule has 1 amide bonds. The second-order valence-electron chi connectivity index (χ2n) is 7.64. The lowest BCUT2D eigenvalue weighted by Crippen LogP contribution is -2.32. The first kappa shape index (κ1) is 19.3. The topological polar surface area (TPSA) is 56.1 Å². The third-order valence-electron chi connectivity index (χ3n) is 4.01. The first-order valence-electron chi connectivity index (χ1n) is 8.75. The number of alkyl carbamates (subject to hydrolysis) is 1. The maximum absolute atomic E-state index is 13.0. The number of nitrogens with zero attached hydrogens (tertiary/aromatic N) is 2. The van der Waals surface area contributed by atoms with Crippen LogP contribution in [-0.4, -0.2) is 21.2 Å². The molecule has 1 aliphatic carbocycles. The summed E-state index contributed by atoms with van der Waals surface area (Å²) in [4.78, 5) is 15.5. The highest BCUT2D eigenvalue weighted by molar-refractivity contribution is 5.67. The predicted molar refractivity (Wildman–Crippen MR) is 94.0 cm³/mol. The van der Waals surface area contributed by atoms with Gasteiger partial charge in [-0.25, -0.2) is 9.78 Å². The summed E-state index contributed by atoms with van der Waals surface area (Å²) in [6, 6.07) is 7.02. The van der Waals surface area contributed by atoms with Crippen LogP contribution in [0, 0.1) is 0 Å². The van der Waals surface area contributed by atoms with Crippen molar-refractivity contribution in [1.82, 2.24) is 14.9 Å². The van der Waals surface area contributed by atoms with Crippen molar-refractivity contribution in [1.29, 1.82) is 0 Å². The van der Waals surface area contributed by atoms with Crippen LogP contribution in [-0.2, 0) is 17.5 Å². The number of aromatic nitrogens is 2. The molecule has 1 fully saturated rings. The van der Waals surface area contributed by atoms with E-state index in [1.165, 1.54) is 0 Å². The van der Waals surface area contributed by atoms with Crippen LogP contribution in [0.25, 0.3) is 11.4 Å². The van der Waals surface area contributed by atoms with Crippen molar-refractivity contribution in [3.8, 4) is 11.4 Å². The van der Waals surface area contributed by atoms with Gasteiger partial charge < -0.3 is 14.6 Å². The fourth-order valence-electron chi connectivity index (χ4n) is 2.63. The molecule has 146 valence electrons. The number of rotatable bonds is 4. The second-order valence-corrected chi connectivity index (χ2v) is 7.64. The lowest BCUT2D eigenvalue weighted by atomic mass is 10.1. The van der Waals surface area contributed by atoms with Gasteiger partial charge in [-0.3, -0.25) is 0 Å². The van der Waals surface area contributed by atoms with Crippen LogP contribution in [0.15, 0.2) is 30.5 Å². The third-order valence-corrected chi connectivity index (χ3v) is 4.01. The highest BCUT2D eigenvalue weighted by Gasteiger charge is 2.37. The van der Waals surface area contributed by atoms with Crippen molar-refractivity contribution in [3.05, 3.63) is 41.7 Å². The molecule has 5 nitrogen and oxygen atoms in total. The van der Waals surface area contributed by atoms with Gasteiger partial charge in [0, 0.05) is 24.3 Å². The molecule has 1 heterocycles. The number of halogens is 3. The summed E-state index contributed by atoms with van der Waals surface area (Å²) in [7, 11) is 0. The normalized spacial score (nSPS) is 14.9. The number of benzene rings is 1. The van der Waals surface area contributed by atoms with E-state index < -0.39 is 23.6 Å². The van der Waals surface area contributed by atoms with E-state index in [2.05, 4.69) is 10.3 Å². The Morgan fingerprint density at radius 2 is 1.85 bits per heavy atom. The van der Waals surface area contributed by atoms with Crippen molar-refractivity contribution >= 4 is 6.09 Å². The molecule has 1 N–H and O–H groups in total. The minimum absolute atomic E-state index is 0.0807. The van der Waals surface area contributed by atoms with Crippen molar-refractivity contribution in [3.63, 3.8) is 0 Å². The molecule has 1 aliphatic rings. The molecule has 1 saturated carbocycles. The van der Waals surface area contributed by atoms with Gasteiger partial charge >= 0.3 is 12.3 Å². The van der Waals surface area contributed by atoms with E-state index in [4.69, 9.17) is 4.74 Å². The lowest BCUT2D eigenvalue weighted by Gasteiger charge is -2.19. The average molecular weight is 381 g/mol. The number of ether oxygens (including phenoxy) is 1. The van der Waals surface area contributed by atoms with Crippen LogP contribution in [0.5, 0.6) is 0 Å². The van der Waals surface area contributed by atoms with Crippen molar-refractivity contribution in [2.24, 2.45) is 0 Å². The molecule has 0 spiro atoms. The van der Waals surface area contributed by atoms with E-state index in [0.29, 0.717) is 11.4 Å². The van der Waals surface area contributed by atoms with Gasteiger partial charge in [0.25, 0.3) is 0 Å². The molecule has 0 bridgehead atoms. The Bertz CT molecular complexity index is 816. The largest absolute Gasteiger partial charge is 0.444 e. The number of carbonyl (C=O) groups is 1. The number of carbonyl (C=O) groups excluding carboxylic acids is 1. The Balaban J connectivity index is 1.72. The van der Waals surface area contributed by atoms with Crippen LogP contribution < -0.4 is 5.32 Å². The van der Waals surface area contributed by atoms with Crippen molar-refractivity contribution < 1.29 is 22.7 Å². The van der Waals surface area contributed by atoms with Gasteiger partial charge in [-0.15, -0.1) is 0 Å². The van der Waals surface area contributed by atoms with Gasteiger partial charge in [0.1, 0.15) is 11.4 Å². The van der Waals surface area contributed by atoms with Crippen LogP contribution in [0.1, 0.15) is 50.9 Å². The number of alkyl halides is 3. The molecule has 1 aromatic carbocycles. The maximum atomic E-state index is 13.0. The number of amides is 1. The number of hydrogen-bond donors (Lipinski definition) is 1. The summed E-state index contributed by atoms with van der Waals surface area (Å²) in [5.74, 6) is 0.316. The van der Waals surface area contributed by atoms with E-state index in [9.17, 15) is 18.0 Å². The summed E-state index contributed by atoms with van der Waals surface area (Å²) < 4.78 is 45.8. The molecule has 2 aromatic rings. The second kappa shape index (κ2) is 6.90. The SMILES string of the molecule is CC(C)(C)OC(=O)NCc1ccc(-c2nc(C(F)(F)F)cn2C2CC2)cc1. The predicted octanol–water partition coefficient (Wildman–Crippen LogP) is 4.93. The van der Waals surface area contributed by atoms with E-state index in [1.807, 2.05) is 0 Å². The highest BCUT2D eigenvalue weighted by Crippen LogP contribution is 2.40. The number of imidazole rings is 1. The van der Waals surface area contributed by atoms with Gasteiger partial charge in [0.2, 0.25) is 0 Å². The monoisotopic (exact) mass is 381 g/mol. The molecule has 0 unspecified atom stereocenters. The van der Waals surface area contributed by atoms with Gasteiger partial charge in [0.15, 0.2) is 5.69 Å². The Hall–Kier alpha value is -2.51. The molecule has 0 radical (unpaired) electrons. The van der Waals surface area contributed by atoms with Crippen LogP contribution in [0.2, 0.25) is 0 Å². The zero-order valence-electron chi connectivity index (χ0n) is 15.4. The van der Waals surface area contributed by atoms with Crippen LogP contribution in [0.3, 0.4) is 0 Å². The third kappa shape index (κ3) is 5.02. The van der Waals surface area contributed by atoms with Crippen molar-refractivity contribution in [2.75, 3.05) is 0 Å². The zero-order chi connectivity index (χ0) is 19.8. The van der Waals surface area contributed by atoms with Crippen molar-refractivity contribution in [2.45, 2.75) is 58.0 Å². The first-order valence-corrected chi connectivity index (χ1v) is 8.75. The van der Waals surface area contributed by atoms with E-state index in [1.54, 1.807) is 49.6 Å². The minimum atomic E-state index is -4.47. The molecule has 27 heavy (non-hydrogen) atoms. The summed E-state index contributed by atoms with van der Waals surface area (Å²) in [5.41, 5.74) is -0.0343. The molecule has 8 heteroatoms. The van der Waals surface area contributed by atoms with Crippen LogP contribution >= 0.6 is 0 Å². The van der Waals surface area contributed by atoms with E-state index in [-0.39, 0.29) is 12.6 Å². The molecular weight excluding hydrogens is 359 g/mol. The van der Waals surface area contributed by atoms with E-state index >= 15 is 0 Å². The zero-order valence-corrected chi connectivity index (χ0v) is 15.4. The summed E-state index contributed by atoms with van der Waals surface area (Å²) in [6.07, 6.45) is -2.18.